The molecule has 2 aliphatic rings. The molecule has 0 unspecified atom stereocenters. The number of carbonyl (C=O) groups is 1. The van der Waals surface area contributed by atoms with Crippen LogP contribution in [0.4, 0.5) is 0 Å². The first-order valence-electron chi connectivity index (χ1n) is 10.5. The molecule has 2 aromatic carbocycles. The molecule has 2 heterocycles. The van der Waals surface area contributed by atoms with Gasteiger partial charge in [0.15, 0.2) is 17.3 Å². The summed E-state index contributed by atoms with van der Waals surface area (Å²) in [7, 11) is 3.04. The highest BCUT2D eigenvalue weighted by atomic mass is 32.2. The minimum atomic E-state index is -0.500. The Morgan fingerprint density at radius 3 is 2.38 bits per heavy atom. The number of rotatable bonds is 8. The second kappa shape index (κ2) is 10.0. The van der Waals surface area contributed by atoms with Crippen LogP contribution in [0.25, 0.3) is 6.08 Å². The Morgan fingerprint density at radius 1 is 1.03 bits per heavy atom. The predicted octanol–water partition coefficient (Wildman–Crippen LogP) is 4.11. The zero-order valence-electron chi connectivity index (χ0n) is 19.2. The molecule has 2 aromatic rings. The molecule has 10 heteroatoms. The van der Waals surface area contributed by atoms with Crippen LogP contribution in [-0.2, 0) is 4.79 Å². The molecule has 176 valence electrons. The molecule has 0 fully saturated rings. The van der Waals surface area contributed by atoms with Gasteiger partial charge in [-0.1, -0.05) is 18.2 Å². The molecule has 2 aliphatic heterocycles. The van der Waals surface area contributed by atoms with E-state index < -0.39 is 5.91 Å². The summed E-state index contributed by atoms with van der Waals surface area (Å²) in [5.74, 6) is 1.53. The van der Waals surface area contributed by atoms with Gasteiger partial charge in [0.25, 0.3) is 5.91 Å². The van der Waals surface area contributed by atoms with E-state index >= 15 is 0 Å². The number of aliphatic imine (C=N–C) groups is 1. The van der Waals surface area contributed by atoms with Gasteiger partial charge in [-0.3, -0.25) is 10.2 Å². The first-order valence-corrected chi connectivity index (χ1v) is 11.3. The molecule has 1 amide bonds. The Balaban J connectivity index is 1.54. The number of methoxy groups -OCH3 is 2. The van der Waals surface area contributed by atoms with Crippen LogP contribution in [-0.4, -0.2) is 54.4 Å². The molecule has 0 atom stereocenters. The van der Waals surface area contributed by atoms with Crippen molar-refractivity contribution in [2.24, 2.45) is 10.1 Å². The standard InChI is InChI=1S/C24H24N4O5S/c1-14-7-5-6-8-18(14)32-9-10-33-21-19(30-3)12-16(13-20(21)31-4)11-17-22(25)28-24(26-23(17)29)34-15(2)27-28/h5-8,11-13,25H,9-10H2,1-4H3. The molecule has 0 aromatic heterocycles. The van der Waals surface area contributed by atoms with Gasteiger partial charge in [0.1, 0.15) is 19.0 Å². The van der Waals surface area contributed by atoms with Gasteiger partial charge in [0.05, 0.1) is 24.8 Å². The van der Waals surface area contributed by atoms with Crippen LogP contribution in [0.3, 0.4) is 0 Å². The number of amides is 1. The summed E-state index contributed by atoms with van der Waals surface area (Å²) in [5.41, 5.74) is 1.76. The molecule has 0 bridgehead atoms. The smallest absolute Gasteiger partial charge is 0.283 e. The maximum Gasteiger partial charge on any atom is 0.283 e. The highest BCUT2D eigenvalue weighted by Crippen LogP contribution is 2.39. The number of para-hydroxylation sites is 1. The Kier molecular flexibility index (Phi) is 6.87. The Hall–Kier alpha value is -3.79. The number of hydrogen-bond donors (Lipinski definition) is 1. The number of hydrogen-bond acceptors (Lipinski definition) is 8. The van der Waals surface area contributed by atoms with Crippen LogP contribution in [0, 0.1) is 12.3 Å². The molecule has 0 radical (unpaired) electrons. The largest absolute Gasteiger partial charge is 0.493 e. The third-order valence-corrected chi connectivity index (χ3v) is 5.85. The summed E-state index contributed by atoms with van der Waals surface area (Å²) >= 11 is 1.26. The monoisotopic (exact) mass is 480 g/mol. The Morgan fingerprint density at radius 2 is 1.71 bits per heavy atom. The molecule has 9 nitrogen and oxygen atoms in total. The van der Waals surface area contributed by atoms with Crippen molar-refractivity contribution in [1.82, 2.24) is 5.01 Å². The minimum absolute atomic E-state index is 0.0361. The fraction of sp³-hybridized carbons (Fsp3) is 0.250. The van der Waals surface area contributed by atoms with Gasteiger partial charge in [0.2, 0.25) is 10.9 Å². The second-order valence-corrected chi connectivity index (χ2v) is 8.52. The van der Waals surface area contributed by atoms with Crippen molar-refractivity contribution >= 4 is 39.8 Å². The molecule has 4 rings (SSSR count). The number of benzene rings is 2. The lowest BCUT2D eigenvalue weighted by molar-refractivity contribution is -0.114. The number of thioether (sulfide) groups is 1. The zero-order chi connectivity index (χ0) is 24.2. The molecule has 0 saturated carbocycles. The second-order valence-electron chi connectivity index (χ2n) is 7.36. The first kappa shape index (κ1) is 23.4. The minimum Gasteiger partial charge on any atom is -0.493 e. The number of nitrogens with one attached hydrogen (secondary N) is 1. The van der Waals surface area contributed by atoms with Gasteiger partial charge in [-0.25, -0.2) is 0 Å². The quantitative estimate of drug-likeness (QED) is 0.448. The van der Waals surface area contributed by atoms with Crippen LogP contribution < -0.4 is 18.9 Å². The van der Waals surface area contributed by atoms with E-state index in [0.717, 1.165) is 11.3 Å². The maximum atomic E-state index is 12.6. The van der Waals surface area contributed by atoms with E-state index in [9.17, 15) is 4.79 Å². The van der Waals surface area contributed by atoms with Crippen molar-refractivity contribution in [3.05, 3.63) is 53.1 Å². The number of carbonyl (C=O) groups excluding carboxylic acids is 1. The lowest BCUT2D eigenvalue weighted by atomic mass is 10.1. The highest BCUT2D eigenvalue weighted by molar-refractivity contribution is 8.26. The van der Waals surface area contributed by atoms with Crippen LogP contribution in [0.1, 0.15) is 18.1 Å². The average Bonchev–Trinajstić information content (AvgIpc) is 3.20. The fourth-order valence-corrected chi connectivity index (χ4v) is 4.13. The van der Waals surface area contributed by atoms with Crippen molar-refractivity contribution < 1.29 is 23.7 Å². The van der Waals surface area contributed by atoms with E-state index in [0.29, 0.717) is 39.6 Å². The van der Waals surface area contributed by atoms with Crippen molar-refractivity contribution in [3.63, 3.8) is 0 Å². The Labute approximate surface area is 201 Å². The third-order valence-electron chi connectivity index (χ3n) is 5.03. The van der Waals surface area contributed by atoms with E-state index in [4.69, 9.17) is 24.4 Å². The number of aryl methyl sites for hydroxylation is 1. The van der Waals surface area contributed by atoms with Gasteiger partial charge in [-0.2, -0.15) is 15.1 Å². The molecular weight excluding hydrogens is 456 g/mol. The summed E-state index contributed by atoms with van der Waals surface area (Å²) in [6.07, 6.45) is 1.56. The van der Waals surface area contributed by atoms with Crippen LogP contribution in [0.2, 0.25) is 0 Å². The molecule has 0 saturated heterocycles. The van der Waals surface area contributed by atoms with Gasteiger partial charge >= 0.3 is 0 Å². The molecule has 0 aliphatic carbocycles. The lowest BCUT2D eigenvalue weighted by Gasteiger charge is -2.20. The summed E-state index contributed by atoms with van der Waals surface area (Å²) in [6.45, 7) is 4.39. The number of hydrazone groups is 1. The van der Waals surface area contributed by atoms with Gasteiger partial charge in [0, 0.05) is 0 Å². The van der Waals surface area contributed by atoms with Gasteiger partial charge in [-0.05, 0) is 61.0 Å². The molecule has 34 heavy (non-hydrogen) atoms. The van der Waals surface area contributed by atoms with Crippen LogP contribution in [0.15, 0.2) is 52.1 Å². The topological polar surface area (TPSA) is 106 Å². The number of ether oxygens (including phenoxy) is 4. The van der Waals surface area contributed by atoms with Crippen molar-refractivity contribution in [2.75, 3.05) is 27.4 Å². The normalized spacial score (nSPS) is 16.2. The summed E-state index contributed by atoms with van der Waals surface area (Å²) < 4.78 is 22.7. The van der Waals surface area contributed by atoms with Gasteiger partial charge in [-0.15, -0.1) is 0 Å². The third kappa shape index (κ3) is 4.76. The SMILES string of the molecule is COc1cc(C=C2C(=N)N3N=C(C)SC3=NC2=O)cc(OC)c1OCCOc1ccccc1C. The van der Waals surface area contributed by atoms with Gasteiger partial charge < -0.3 is 18.9 Å². The predicted molar refractivity (Wildman–Crippen MR) is 132 cm³/mol. The summed E-state index contributed by atoms with van der Waals surface area (Å²) in [4.78, 5) is 16.6. The molecular formula is C24H24N4O5S. The lowest BCUT2D eigenvalue weighted by Crippen LogP contribution is -2.35. The van der Waals surface area contributed by atoms with E-state index in [2.05, 4.69) is 10.1 Å². The summed E-state index contributed by atoms with van der Waals surface area (Å²) in [5, 5.41) is 15.1. The van der Waals surface area contributed by atoms with Crippen LogP contribution >= 0.6 is 11.8 Å². The Bertz CT molecular complexity index is 1210. The van der Waals surface area contributed by atoms with E-state index in [1.54, 1.807) is 25.1 Å². The number of fused-ring (bicyclic) bond motifs is 1. The fourth-order valence-electron chi connectivity index (χ4n) is 3.39. The summed E-state index contributed by atoms with van der Waals surface area (Å²) in [6, 6.07) is 11.2. The highest BCUT2D eigenvalue weighted by Gasteiger charge is 2.34. The number of nitrogens with zero attached hydrogens (tertiary/aromatic N) is 3. The average molecular weight is 481 g/mol. The van der Waals surface area contributed by atoms with Crippen molar-refractivity contribution in [1.29, 1.82) is 5.41 Å². The van der Waals surface area contributed by atoms with Crippen molar-refractivity contribution in [2.45, 2.75) is 13.8 Å². The first-order chi connectivity index (χ1) is 16.4. The zero-order valence-corrected chi connectivity index (χ0v) is 20.1. The maximum absolute atomic E-state index is 12.6. The van der Waals surface area contributed by atoms with E-state index in [1.165, 1.54) is 31.0 Å². The molecule has 0 spiro atoms. The van der Waals surface area contributed by atoms with Crippen LogP contribution in [0.5, 0.6) is 23.0 Å². The molecule has 1 N–H and O–H groups in total. The van der Waals surface area contributed by atoms with Crippen molar-refractivity contribution in [3.8, 4) is 23.0 Å². The van der Waals surface area contributed by atoms with E-state index in [-0.39, 0.29) is 18.0 Å². The number of amidine groups is 2. The van der Waals surface area contributed by atoms with E-state index in [1.807, 2.05) is 31.2 Å².